The molecule has 1 atom stereocenters. The molecule has 7 heteroatoms. The van der Waals surface area contributed by atoms with E-state index in [1.807, 2.05) is 43.5 Å². The van der Waals surface area contributed by atoms with E-state index in [0.29, 0.717) is 22.6 Å². The lowest BCUT2D eigenvalue weighted by Gasteiger charge is -2.25. The number of hydrogen-bond acceptors (Lipinski definition) is 4. The minimum Gasteiger partial charge on any atom is -0.507 e. The molecule has 0 unspecified atom stereocenters. The molecule has 1 saturated heterocycles. The lowest BCUT2D eigenvalue weighted by Crippen LogP contribution is -2.31. The van der Waals surface area contributed by atoms with Crippen molar-refractivity contribution in [2.24, 2.45) is 0 Å². The van der Waals surface area contributed by atoms with Crippen LogP contribution in [-0.2, 0) is 16.0 Å². The molecule has 36 heavy (non-hydrogen) atoms. The molecule has 182 valence electrons. The number of aromatic amines is 1. The molecule has 4 aromatic rings. The molecule has 0 spiro atoms. The van der Waals surface area contributed by atoms with Crippen molar-refractivity contribution in [1.82, 2.24) is 9.88 Å². The lowest BCUT2D eigenvalue weighted by atomic mass is 9.95. The van der Waals surface area contributed by atoms with Gasteiger partial charge in [-0.25, -0.2) is 0 Å². The predicted molar refractivity (Wildman–Crippen MR) is 140 cm³/mol. The summed E-state index contributed by atoms with van der Waals surface area (Å²) in [6, 6.07) is 19.2. The van der Waals surface area contributed by atoms with Crippen LogP contribution < -0.4 is 4.74 Å². The molecule has 1 aliphatic heterocycles. The van der Waals surface area contributed by atoms with Crippen LogP contribution in [0.4, 0.5) is 0 Å². The van der Waals surface area contributed by atoms with Crippen molar-refractivity contribution in [3.05, 3.63) is 106 Å². The second-order valence-corrected chi connectivity index (χ2v) is 9.32. The van der Waals surface area contributed by atoms with Gasteiger partial charge in [-0.3, -0.25) is 9.59 Å². The number of fused-ring (bicyclic) bond motifs is 1. The van der Waals surface area contributed by atoms with E-state index in [1.165, 1.54) is 4.90 Å². The quantitative estimate of drug-likeness (QED) is 0.199. The molecule has 2 heterocycles. The number of hydrogen-bond donors (Lipinski definition) is 2. The fraction of sp³-hybridized carbons (Fsp3) is 0.172. The van der Waals surface area contributed by atoms with E-state index in [4.69, 9.17) is 16.3 Å². The van der Waals surface area contributed by atoms with Gasteiger partial charge in [0.2, 0.25) is 0 Å². The first kappa shape index (κ1) is 23.7. The highest BCUT2D eigenvalue weighted by Crippen LogP contribution is 2.40. The van der Waals surface area contributed by atoms with Crippen LogP contribution in [0.2, 0.25) is 5.02 Å². The third-order valence-corrected chi connectivity index (χ3v) is 6.90. The minimum absolute atomic E-state index is 0.0757. The largest absolute Gasteiger partial charge is 0.507 e. The second kappa shape index (κ2) is 9.55. The van der Waals surface area contributed by atoms with E-state index >= 15 is 0 Å². The average molecular weight is 501 g/mol. The summed E-state index contributed by atoms with van der Waals surface area (Å²) in [4.78, 5) is 31.3. The van der Waals surface area contributed by atoms with Gasteiger partial charge in [0.15, 0.2) is 0 Å². The van der Waals surface area contributed by atoms with Crippen LogP contribution in [0.1, 0.15) is 28.3 Å². The van der Waals surface area contributed by atoms with Gasteiger partial charge in [-0.05, 0) is 54.8 Å². The molecule has 1 aromatic heterocycles. The molecule has 5 rings (SSSR count). The van der Waals surface area contributed by atoms with Gasteiger partial charge in [0, 0.05) is 34.2 Å². The molecular formula is C29H25ClN2O4. The van der Waals surface area contributed by atoms with Gasteiger partial charge in [-0.2, -0.15) is 0 Å². The molecule has 3 aromatic carbocycles. The number of likely N-dealkylation sites (tertiary alicyclic amines) is 1. The number of aliphatic hydroxyl groups is 1. The summed E-state index contributed by atoms with van der Waals surface area (Å²) in [6.07, 6.45) is 2.42. The van der Waals surface area contributed by atoms with Crippen LogP contribution in [0.25, 0.3) is 16.7 Å². The summed E-state index contributed by atoms with van der Waals surface area (Å²) in [7, 11) is 1.62. The molecule has 1 amide bonds. The fourth-order valence-corrected chi connectivity index (χ4v) is 4.83. The van der Waals surface area contributed by atoms with E-state index < -0.39 is 17.7 Å². The highest BCUT2D eigenvalue weighted by molar-refractivity contribution is 6.46. The molecule has 1 aliphatic rings. The number of Topliss-reactive ketones (excluding diaryl/α,β-unsaturated/α-hetero) is 1. The number of carbonyl (C=O) groups excluding carboxylic acids is 2. The van der Waals surface area contributed by atoms with E-state index in [-0.39, 0.29) is 17.9 Å². The monoisotopic (exact) mass is 500 g/mol. The Morgan fingerprint density at radius 3 is 2.47 bits per heavy atom. The Bertz CT molecular complexity index is 1490. The predicted octanol–water partition coefficient (Wildman–Crippen LogP) is 5.80. The van der Waals surface area contributed by atoms with Crippen molar-refractivity contribution in [3.63, 3.8) is 0 Å². The van der Waals surface area contributed by atoms with Crippen molar-refractivity contribution in [2.45, 2.75) is 19.4 Å². The van der Waals surface area contributed by atoms with Crippen molar-refractivity contribution in [2.75, 3.05) is 13.7 Å². The van der Waals surface area contributed by atoms with Crippen LogP contribution in [0.3, 0.4) is 0 Å². The molecule has 0 saturated carbocycles. The number of benzene rings is 3. The molecule has 0 radical (unpaired) electrons. The van der Waals surface area contributed by atoms with Gasteiger partial charge in [-0.15, -0.1) is 0 Å². The normalized spacial score (nSPS) is 17.2. The zero-order valence-electron chi connectivity index (χ0n) is 19.9. The SMILES string of the molecule is COc1ccc2[nH]cc(CCN3C(=O)C(=O)C(=C(O)c4ccc(C)cc4)[C@@H]3c3ccc(Cl)cc3)c2c1. The van der Waals surface area contributed by atoms with Crippen LogP contribution >= 0.6 is 11.6 Å². The van der Waals surface area contributed by atoms with Gasteiger partial charge >= 0.3 is 0 Å². The number of nitrogens with one attached hydrogen (secondary N) is 1. The summed E-state index contributed by atoms with van der Waals surface area (Å²) in [5, 5.41) is 12.7. The summed E-state index contributed by atoms with van der Waals surface area (Å²) in [5.41, 5.74) is 4.25. The van der Waals surface area contributed by atoms with E-state index in [0.717, 1.165) is 27.8 Å². The Balaban J connectivity index is 1.55. The maximum absolute atomic E-state index is 13.3. The third kappa shape index (κ3) is 4.25. The number of methoxy groups -OCH3 is 1. The number of amides is 1. The zero-order valence-corrected chi connectivity index (χ0v) is 20.7. The van der Waals surface area contributed by atoms with Gasteiger partial charge in [-0.1, -0.05) is 53.6 Å². The molecule has 0 bridgehead atoms. The number of H-pyrrole nitrogens is 1. The Labute approximate surface area is 213 Å². The third-order valence-electron chi connectivity index (χ3n) is 6.65. The van der Waals surface area contributed by atoms with Crippen LogP contribution in [0, 0.1) is 6.92 Å². The van der Waals surface area contributed by atoms with Crippen molar-refractivity contribution >= 4 is 40.0 Å². The number of aliphatic hydroxyl groups excluding tert-OH is 1. The minimum atomic E-state index is -0.733. The Kier molecular flexibility index (Phi) is 6.29. The maximum atomic E-state index is 13.3. The number of halogens is 1. The number of nitrogens with zero attached hydrogens (tertiary/aromatic N) is 1. The van der Waals surface area contributed by atoms with E-state index in [2.05, 4.69) is 4.98 Å². The maximum Gasteiger partial charge on any atom is 0.295 e. The number of ketones is 1. The van der Waals surface area contributed by atoms with Crippen LogP contribution in [0.15, 0.2) is 78.5 Å². The number of carbonyl (C=O) groups is 2. The first-order chi connectivity index (χ1) is 17.4. The Hall–Kier alpha value is -4.03. The first-order valence-corrected chi connectivity index (χ1v) is 12.0. The molecule has 1 fully saturated rings. The first-order valence-electron chi connectivity index (χ1n) is 11.6. The lowest BCUT2D eigenvalue weighted by molar-refractivity contribution is -0.139. The number of ether oxygens (including phenoxy) is 1. The van der Waals surface area contributed by atoms with Gasteiger partial charge in [0.25, 0.3) is 11.7 Å². The van der Waals surface area contributed by atoms with Crippen molar-refractivity contribution < 1.29 is 19.4 Å². The van der Waals surface area contributed by atoms with Crippen molar-refractivity contribution in [1.29, 1.82) is 0 Å². The fourth-order valence-electron chi connectivity index (χ4n) is 4.70. The summed E-state index contributed by atoms with van der Waals surface area (Å²) < 4.78 is 5.36. The Morgan fingerprint density at radius 1 is 1.06 bits per heavy atom. The van der Waals surface area contributed by atoms with Gasteiger partial charge in [0.05, 0.1) is 18.7 Å². The van der Waals surface area contributed by atoms with Gasteiger partial charge in [0.1, 0.15) is 11.5 Å². The number of rotatable bonds is 6. The molecular weight excluding hydrogens is 476 g/mol. The summed E-state index contributed by atoms with van der Waals surface area (Å²) in [5.74, 6) is -0.787. The molecule has 6 nitrogen and oxygen atoms in total. The highest BCUT2D eigenvalue weighted by atomic mass is 35.5. The summed E-state index contributed by atoms with van der Waals surface area (Å²) >= 11 is 6.11. The van der Waals surface area contributed by atoms with Gasteiger partial charge < -0.3 is 19.7 Å². The number of aryl methyl sites for hydroxylation is 1. The Morgan fingerprint density at radius 2 is 1.78 bits per heavy atom. The average Bonchev–Trinajstić information content (AvgIpc) is 3.40. The van der Waals surface area contributed by atoms with Crippen molar-refractivity contribution in [3.8, 4) is 5.75 Å². The number of aromatic nitrogens is 1. The smallest absolute Gasteiger partial charge is 0.295 e. The molecule has 0 aliphatic carbocycles. The van der Waals surface area contributed by atoms with E-state index in [1.54, 1.807) is 43.5 Å². The molecule has 2 N–H and O–H groups in total. The standard InChI is InChI=1S/C29H25ClN2O4/c1-17-3-5-19(6-4-17)27(33)25-26(18-7-9-21(30)10-8-18)32(29(35)28(25)34)14-13-20-16-31-24-12-11-22(36-2)15-23(20)24/h3-12,15-16,26,31,33H,13-14H2,1-2H3/t26-/m0/s1. The van der Waals surface area contributed by atoms with Crippen LogP contribution in [-0.4, -0.2) is 40.3 Å². The topological polar surface area (TPSA) is 82.6 Å². The second-order valence-electron chi connectivity index (χ2n) is 8.89. The highest BCUT2D eigenvalue weighted by Gasteiger charge is 2.45. The van der Waals surface area contributed by atoms with E-state index in [9.17, 15) is 14.7 Å². The summed E-state index contributed by atoms with van der Waals surface area (Å²) in [6.45, 7) is 2.23. The zero-order chi connectivity index (χ0) is 25.4. The van der Waals surface area contributed by atoms with Crippen LogP contribution in [0.5, 0.6) is 5.75 Å².